The first kappa shape index (κ1) is 15.3. The lowest BCUT2D eigenvalue weighted by molar-refractivity contribution is 0.407. The summed E-state index contributed by atoms with van der Waals surface area (Å²) in [5, 5.41) is 3.43. The van der Waals surface area contributed by atoms with Crippen LogP contribution < -0.4 is 14.8 Å². The molecule has 2 aromatic rings. The minimum atomic E-state index is 0.0930. The Morgan fingerprint density at radius 3 is 2.48 bits per heavy atom. The van der Waals surface area contributed by atoms with Crippen LogP contribution in [0, 0.1) is 0 Å². The standard InChI is InChI=1S/C17H22N2O2/c1-17(2,3)19-12-13-8-9-16(18-11-13)21-15-7-5-6-14(10-15)20-4/h5-11,19H,12H2,1-4H3. The molecule has 21 heavy (non-hydrogen) atoms. The number of pyridine rings is 1. The minimum Gasteiger partial charge on any atom is -0.497 e. The molecule has 1 heterocycles. The topological polar surface area (TPSA) is 43.4 Å². The first-order valence-electron chi connectivity index (χ1n) is 6.98. The quantitative estimate of drug-likeness (QED) is 0.908. The Morgan fingerprint density at radius 1 is 1.10 bits per heavy atom. The lowest BCUT2D eigenvalue weighted by atomic mass is 10.1. The molecule has 0 spiro atoms. The van der Waals surface area contributed by atoms with Crippen LogP contribution in [0.3, 0.4) is 0 Å². The Hall–Kier alpha value is -2.07. The highest BCUT2D eigenvalue weighted by atomic mass is 16.5. The molecule has 0 saturated carbocycles. The molecular weight excluding hydrogens is 264 g/mol. The van der Waals surface area contributed by atoms with Crippen LogP contribution >= 0.6 is 0 Å². The van der Waals surface area contributed by atoms with Gasteiger partial charge in [0.2, 0.25) is 5.88 Å². The van der Waals surface area contributed by atoms with Gasteiger partial charge in [-0.3, -0.25) is 0 Å². The maximum Gasteiger partial charge on any atom is 0.219 e. The molecule has 0 radical (unpaired) electrons. The summed E-state index contributed by atoms with van der Waals surface area (Å²) >= 11 is 0. The molecular formula is C17H22N2O2. The van der Waals surface area contributed by atoms with Gasteiger partial charge in [0.25, 0.3) is 0 Å². The number of methoxy groups -OCH3 is 1. The fourth-order valence-corrected chi connectivity index (χ4v) is 1.73. The molecule has 0 unspecified atom stereocenters. The number of nitrogens with zero attached hydrogens (tertiary/aromatic N) is 1. The summed E-state index contributed by atoms with van der Waals surface area (Å²) in [6.45, 7) is 7.21. The van der Waals surface area contributed by atoms with Crippen molar-refractivity contribution in [3.05, 3.63) is 48.2 Å². The molecule has 0 aliphatic heterocycles. The van der Waals surface area contributed by atoms with Gasteiger partial charge in [-0.2, -0.15) is 0 Å². The smallest absolute Gasteiger partial charge is 0.219 e. The van der Waals surface area contributed by atoms with Crippen LogP contribution in [0.5, 0.6) is 17.4 Å². The Morgan fingerprint density at radius 2 is 1.86 bits per heavy atom. The van der Waals surface area contributed by atoms with Gasteiger partial charge in [-0.15, -0.1) is 0 Å². The summed E-state index contributed by atoms with van der Waals surface area (Å²) < 4.78 is 10.9. The number of rotatable bonds is 5. The average molecular weight is 286 g/mol. The third kappa shape index (κ3) is 5.08. The lowest BCUT2D eigenvalue weighted by Gasteiger charge is -2.20. The van der Waals surface area contributed by atoms with Gasteiger partial charge in [-0.05, 0) is 38.5 Å². The third-order valence-corrected chi connectivity index (χ3v) is 2.88. The number of aromatic nitrogens is 1. The molecule has 2 rings (SSSR count). The van der Waals surface area contributed by atoms with Crippen molar-refractivity contribution >= 4 is 0 Å². The molecule has 0 amide bonds. The monoisotopic (exact) mass is 286 g/mol. The third-order valence-electron chi connectivity index (χ3n) is 2.88. The van der Waals surface area contributed by atoms with Crippen LogP contribution in [-0.2, 0) is 6.54 Å². The number of ether oxygens (including phenoxy) is 2. The molecule has 4 nitrogen and oxygen atoms in total. The van der Waals surface area contributed by atoms with Gasteiger partial charge in [0.15, 0.2) is 0 Å². The van der Waals surface area contributed by atoms with Crippen LogP contribution in [0.2, 0.25) is 0 Å². The van der Waals surface area contributed by atoms with E-state index in [2.05, 4.69) is 31.1 Å². The molecule has 1 N–H and O–H groups in total. The fourth-order valence-electron chi connectivity index (χ4n) is 1.73. The zero-order valence-electron chi connectivity index (χ0n) is 13.0. The summed E-state index contributed by atoms with van der Waals surface area (Å²) in [5.74, 6) is 2.05. The van der Waals surface area contributed by atoms with Gasteiger partial charge in [-0.25, -0.2) is 4.98 Å². The van der Waals surface area contributed by atoms with E-state index in [-0.39, 0.29) is 5.54 Å². The normalized spacial score (nSPS) is 11.2. The Bertz CT molecular complexity index is 574. The predicted molar refractivity (Wildman–Crippen MR) is 83.9 cm³/mol. The molecule has 0 aliphatic carbocycles. The summed E-state index contributed by atoms with van der Waals surface area (Å²) in [6.07, 6.45) is 1.83. The van der Waals surface area contributed by atoms with E-state index in [1.165, 1.54) is 0 Å². The highest BCUT2D eigenvalue weighted by Gasteiger charge is 2.08. The van der Waals surface area contributed by atoms with E-state index in [4.69, 9.17) is 9.47 Å². The lowest BCUT2D eigenvalue weighted by Crippen LogP contribution is -2.35. The van der Waals surface area contributed by atoms with Gasteiger partial charge >= 0.3 is 0 Å². The zero-order valence-corrected chi connectivity index (χ0v) is 13.0. The molecule has 0 saturated heterocycles. The number of hydrogen-bond donors (Lipinski definition) is 1. The van der Waals surface area contributed by atoms with Crippen molar-refractivity contribution < 1.29 is 9.47 Å². The Labute approximate surface area is 126 Å². The van der Waals surface area contributed by atoms with Crippen LogP contribution in [0.4, 0.5) is 0 Å². The first-order valence-corrected chi connectivity index (χ1v) is 6.98. The van der Waals surface area contributed by atoms with E-state index in [0.717, 1.165) is 17.9 Å². The van der Waals surface area contributed by atoms with Crippen molar-refractivity contribution in [1.82, 2.24) is 10.3 Å². The van der Waals surface area contributed by atoms with Gasteiger partial charge < -0.3 is 14.8 Å². The van der Waals surface area contributed by atoms with Crippen molar-refractivity contribution in [3.63, 3.8) is 0 Å². The van der Waals surface area contributed by atoms with Crippen molar-refractivity contribution in [2.45, 2.75) is 32.9 Å². The second kappa shape index (κ2) is 6.59. The predicted octanol–water partition coefficient (Wildman–Crippen LogP) is 3.77. The second-order valence-corrected chi connectivity index (χ2v) is 5.89. The van der Waals surface area contributed by atoms with Crippen molar-refractivity contribution in [1.29, 1.82) is 0 Å². The van der Waals surface area contributed by atoms with Gasteiger partial charge in [0.1, 0.15) is 11.5 Å². The molecule has 4 heteroatoms. The summed E-state index contributed by atoms with van der Waals surface area (Å²) in [5.41, 5.74) is 1.22. The molecule has 0 aliphatic rings. The van der Waals surface area contributed by atoms with E-state index in [1.54, 1.807) is 7.11 Å². The van der Waals surface area contributed by atoms with E-state index >= 15 is 0 Å². The average Bonchev–Trinajstić information content (AvgIpc) is 2.46. The van der Waals surface area contributed by atoms with Crippen LogP contribution in [0.1, 0.15) is 26.3 Å². The summed E-state index contributed by atoms with van der Waals surface area (Å²) in [7, 11) is 1.63. The maximum absolute atomic E-state index is 5.71. The van der Waals surface area contributed by atoms with E-state index in [9.17, 15) is 0 Å². The minimum absolute atomic E-state index is 0.0930. The SMILES string of the molecule is COc1cccc(Oc2ccc(CNC(C)(C)C)cn2)c1. The Balaban J connectivity index is 1.98. The van der Waals surface area contributed by atoms with E-state index in [1.807, 2.05) is 42.6 Å². The molecule has 112 valence electrons. The van der Waals surface area contributed by atoms with Crippen molar-refractivity contribution in [3.8, 4) is 17.4 Å². The second-order valence-electron chi connectivity index (χ2n) is 5.89. The van der Waals surface area contributed by atoms with Gasteiger partial charge in [0.05, 0.1) is 7.11 Å². The Kier molecular flexibility index (Phi) is 4.81. The van der Waals surface area contributed by atoms with E-state index < -0.39 is 0 Å². The summed E-state index contributed by atoms with van der Waals surface area (Å²) in [6, 6.07) is 11.4. The van der Waals surface area contributed by atoms with Crippen molar-refractivity contribution in [2.24, 2.45) is 0 Å². The number of hydrogen-bond acceptors (Lipinski definition) is 4. The highest BCUT2D eigenvalue weighted by molar-refractivity contribution is 5.35. The van der Waals surface area contributed by atoms with Crippen LogP contribution in [0.25, 0.3) is 0 Å². The van der Waals surface area contributed by atoms with E-state index in [0.29, 0.717) is 11.6 Å². The zero-order chi connectivity index (χ0) is 15.3. The van der Waals surface area contributed by atoms with Gasteiger partial charge in [-0.1, -0.05) is 12.1 Å². The molecule has 0 bridgehead atoms. The van der Waals surface area contributed by atoms with Crippen LogP contribution in [-0.4, -0.2) is 17.6 Å². The fraction of sp³-hybridized carbons (Fsp3) is 0.353. The largest absolute Gasteiger partial charge is 0.497 e. The number of nitrogens with one attached hydrogen (secondary N) is 1. The first-order chi connectivity index (χ1) is 9.96. The molecule has 0 atom stereocenters. The van der Waals surface area contributed by atoms with Crippen LogP contribution in [0.15, 0.2) is 42.6 Å². The highest BCUT2D eigenvalue weighted by Crippen LogP contribution is 2.23. The molecule has 0 fully saturated rings. The van der Waals surface area contributed by atoms with Gasteiger partial charge in [0, 0.05) is 30.4 Å². The molecule has 1 aromatic heterocycles. The summed E-state index contributed by atoms with van der Waals surface area (Å²) in [4.78, 5) is 4.33. The number of benzene rings is 1. The molecule has 1 aromatic carbocycles. The maximum atomic E-state index is 5.71. The van der Waals surface area contributed by atoms with Crippen molar-refractivity contribution in [2.75, 3.05) is 7.11 Å².